The van der Waals surface area contributed by atoms with Crippen LogP contribution in [0.1, 0.15) is 18.4 Å². The number of alkyl halides is 1. The van der Waals surface area contributed by atoms with Gasteiger partial charge in [-0.05, 0) is 23.6 Å². The van der Waals surface area contributed by atoms with E-state index in [9.17, 15) is 0 Å². The number of benzene rings is 1. The van der Waals surface area contributed by atoms with Gasteiger partial charge in [-0.3, -0.25) is 0 Å². The molecular weight excluding hydrogens is 239 g/mol. The van der Waals surface area contributed by atoms with E-state index in [2.05, 4.69) is 22.9 Å². The molecule has 0 spiro atoms. The molecule has 12 heavy (non-hydrogen) atoms. The largest absolute Gasteiger partial charge is 0.506 e. The van der Waals surface area contributed by atoms with Crippen LogP contribution in [0.25, 0.3) is 0 Å². The van der Waals surface area contributed by atoms with Crippen LogP contribution in [0, 0.1) is 0 Å². The maximum absolute atomic E-state index is 9.15. The molecule has 1 unspecified atom stereocenters. The molecule has 0 heterocycles. The first kappa shape index (κ1) is 9.87. The second-order valence-electron chi connectivity index (χ2n) is 2.77. The molecule has 0 aliphatic carbocycles. The van der Waals surface area contributed by atoms with Crippen LogP contribution in [-0.2, 0) is 0 Å². The molecule has 1 aromatic rings. The van der Waals surface area contributed by atoms with Gasteiger partial charge in [0.25, 0.3) is 0 Å². The lowest BCUT2D eigenvalue weighted by Crippen LogP contribution is -1.93. The molecule has 0 aliphatic rings. The molecule has 1 atom stereocenters. The minimum atomic E-state index is 0.141. The summed E-state index contributed by atoms with van der Waals surface area (Å²) in [7, 11) is 0. The normalized spacial score (nSPS) is 12.9. The zero-order chi connectivity index (χ0) is 9.14. The van der Waals surface area contributed by atoms with Crippen LogP contribution >= 0.6 is 27.5 Å². The zero-order valence-corrected chi connectivity index (χ0v) is 9.06. The number of phenols is 1. The highest BCUT2D eigenvalue weighted by Crippen LogP contribution is 2.27. The van der Waals surface area contributed by atoms with Gasteiger partial charge in [-0.2, -0.15) is 0 Å². The summed E-state index contributed by atoms with van der Waals surface area (Å²) in [6.45, 7) is 2.09. The van der Waals surface area contributed by atoms with Crippen LogP contribution in [0.4, 0.5) is 0 Å². The van der Waals surface area contributed by atoms with Crippen molar-refractivity contribution in [3.63, 3.8) is 0 Å². The summed E-state index contributed by atoms with van der Waals surface area (Å²) >= 11 is 9.14. The average molecular weight is 250 g/mol. The topological polar surface area (TPSA) is 20.2 Å². The van der Waals surface area contributed by atoms with Crippen molar-refractivity contribution in [3.8, 4) is 5.75 Å². The Morgan fingerprint density at radius 3 is 2.75 bits per heavy atom. The van der Waals surface area contributed by atoms with Gasteiger partial charge in [-0.25, -0.2) is 0 Å². The van der Waals surface area contributed by atoms with Crippen molar-refractivity contribution in [1.82, 2.24) is 0 Å². The lowest BCUT2D eigenvalue weighted by atomic mass is 10.0. The average Bonchev–Trinajstić information content (AvgIpc) is 2.08. The molecule has 66 valence electrons. The molecule has 0 aromatic heterocycles. The van der Waals surface area contributed by atoms with Crippen molar-refractivity contribution in [3.05, 3.63) is 28.8 Å². The smallest absolute Gasteiger partial charge is 0.134 e. The van der Waals surface area contributed by atoms with Crippen LogP contribution in [0.15, 0.2) is 18.2 Å². The molecule has 1 N–H and O–H groups in total. The van der Waals surface area contributed by atoms with Crippen LogP contribution in [0.3, 0.4) is 0 Å². The highest BCUT2D eigenvalue weighted by atomic mass is 79.9. The summed E-state index contributed by atoms with van der Waals surface area (Å²) in [4.78, 5) is 0. The highest BCUT2D eigenvalue weighted by Gasteiger charge is 2.05. The Morgan fingerprint density at radius 1 is 1.58 bits per heavy atom. The maximum atomic E-state index is 9.15. The third kappa shape index (κ3) is 2.14. The lowest BCUT2D eigenvalue weighted by Gasteiger charge is -2.08. The Kier molecular flexibility index (Phi) is 3.41. The summed E-state index contributed by atoms with van der Waals surface area (Å²) in [5.41, 5.74) is 1.13. The molecular formula is C9H10BrClO. The second kappa shape index (κ2) is 4.15. The summed E-state index contributed by atoms with van der Waals surface area (Å²) in [6, 6.07) is 5.30. The van der Waals surface area contributed by atoms with Crippen LogP contribution in [0.5, 0.6) is 5.75 Å². The first-order valence-corrected chi connectivity index (χ1v) is 5.19. The van der Waals surface area contributed by atoms with E-state index in [4.69, 9.17) is 16.7 Å². The molecule has 1 rings (SSSR count). The number of rotatable bonds is 2. The molecule has 0 amide bonds. The van der Waals surface area contributed by atoms with Gasteiger partial charge in [0.15, 0.2) is 0 Å². The Balaban J connectivity index is 2.96. The van der Waals surface area contributed by atoms with Gasteiger partial charge >= 0.3 is 0 Å². The van der Waals surface area contributed by atoms with Gasteiger partial charge in [0, 0.05) is 5.33 Å². The molecule has 0 saturated heterocycles. The van der Waals surface area contributed by atoms with E-state index in [0.717, 1.165) is 10.9 Å². The number of phenolic OH excluding ortho intramolecular Hbond substituents is 1. The first-order valence-electron chi connectivity index (χ1n) is 3.69. The standard InChI is InChI=1S/C9H10BrClO/c1-6(5-10)7-2-3-9(12)8(11)4-7/h2-4,6,12H,5H2,1H3. The van der Waals surface area contributed by atoms with E-state index in [0.29, 0.717) is 10.9 Å². The number of halogens is 2. The Labute approximate surface area is 85.5 Å². The minimum absolute atomic E-state index is 0.141. The van der Waals surface area contributed by atoms with E-state index in [1.807, 2.05) is 6.07 Å². The predicted molar refractivity (Wildman–Crippen MR) is 55.3 cm³/mol. The lowest BCUT2D eigenvalue weighted by molar-refractivity contribution is 0.475. The van der Waals surface area contributed by atoms with Crippen molar-refractivity contribution < 1.29 is 5.11 Å². The molecule has 1 nitrogen and oxygen atoms in total. The van der Waals surface area contributed by atoms with Crippen molar-refractivity contribution in [1.29, 1.82) is 0 Å². The molecule has 0 fully saturated rings. The van der Waals surface area contributed by atoms with Gasteiger partial charge in [0.2, 0.25) is 0 Å². The van der Waals surface area contributed by atoms with Gasteiger partial charge in [0.05, 0.1) is 5.02 Å². The van der Waals surface area contributed by atoms with Crippen LogP contribution in [-0.4, -0.2) is 10.4 Å². The SMILES string of the molecule is CC(CBr)c1ccc(O)c(Cl)c1. The van der Waals surface area contributed by atoms with Crippen molar-refractivity contribution in [2.45, 2.75) is 12.8 Å². The minimum Gasteiger partial charge on any atom is -0.506 e. The molecule has 0 bridgehead atoms. The number of hydrogen-bond donors (Lipinski definition) is 1. The van der Waals surface area contributed by atoms with E-state index in [1.165, 1.54) is 0 Å². The third-order valence-electron chi connectivity index (χ3n) is 1.77. The Hall–Kier alpha value is -0.210. The third-order valence-corrected chi connectivity index (χ3v) is 3.05. The van der Waals surface area contributed by atoms with Crippen LogP contribution < -0.4 is 0 Å². The summed E-state index contributed by atoms with van der Waals surface area (Å²) in [6.07, 6.45) is 0. The van der Waals surface area contributed by atoms with E-state index >= 15 is 0 Å². The van der Waals surface area contributed by atoms with Gasteiger partial charge in [-0.15, -0.1) is 0 Å². The van der Waals surface area contributed by atoms with E-state index in [-0.39, 0.29) is 5.75 Å². The maximum Gasteiger partial charge on any atom is 0.134 e. The predicted octanol–water partition coefficient (Wildman–Crippen LogP) is 3.54. The summed E-state index contributed by atoms with van der Waals surface area (Å²) < 4.78 is 0. The fourth-order valence-corrected chi connectivity index (χ4v) is 1.48. The molecule has 3 heteroatoms. The highest BCUT2D eigenvalue weighted by molar-refractivity contribution is 9.09. The van der Waals surface area contributed by atoms with Crippen molar-refractivity contribution in [2.75, 3.05) is 5.33 Å². The van der Waals surface area contributed by atoms with Crippen molar-refractivity contribution >= 4 is 27.5 Å². The van der Waals surface area contributed by atoms with E-state index < -0.39 is 0 Å². The molecule has 1 aromatic carbocycles. The number of hydrogen-bond acceptors (Lipinski definition) is 1. The van der Waals surface area contributed by atoms with Gasteiger partial charge in [0.1, 0.15) is 5.75 Å². The first-order chi connectivity index (χ1) is 5.65. The monoisotopic (exact) mass is 248 g/mol. The van der Waals surface area contributed by atoms with Crippen LogP contribution in [0.2, 0.25) is 5.02 Å². The zero-order valence-electron chi connectivity index (χ0n) is 6.72. The molecule has 0 aliphatic heterocycles. The quantitative estimate of drug-likeness (QED) is 0.795. The van der Waals surface area contributed by atoms with E-state index in [1.54, 1.807) is 12.1 Å². The Morgan fingerprint density at radius 2 is 2.25 bits per heavy atom. The van der Waals surface area contributed by atoms with Crippen molar-refractivity contribution in [2.24, 2.45) is 0 Å². The fourth-order valence-electron chi connectivity index (χ4n) is 0.919. The molecule has 0 radical (unpaired) electrons. The van der Waals surface area contributed by atoms with Gasteiger partial charge in [-0.1, -0.05) is 40.5 Å². The second-order valence-corrected chi connectivity index (χ2v) is 3.82. The summed E-state index contributed by atoms with van der Waals surface area (Å²) in [5, 5.41) is 10.5. The van der Waals surface area contributed by atoms with Gasteiger partial charge < -0.3 is 5.11 Å². The summed E-state index contributed by atoms with van der Waals surface area (Å²) in [5.74, 6) is 0.560. The fraction of sp³-hybridized carbons (Fsp3) is 0.333. The Bertz CT molecular complexity index is 275. The molecule has 0 saturated carbocycles. The number of aromatic hydroxyl groups is 1.